The van der Waals surface area contributed by atoms with Crippen molar-refractivity contribution in [3.8, 4) is 0 Å². The van der Waals surface area contributed by atoms with Crippen molar-refractivity contribution in [3.63, 3.8) is 0 Å². The first-order valence-electron chi connectivity index (χ1n) is 4.74. The predicted molar refractivity (Wildman–Crippen MR) is 69.1 cm³/mol. The average molecular weight is 392 g/mol. The van der Waals surface area contributed by atoms with Crippen LogP contribution < -0.4 is 23.4 Å². The number of quaternary nitrogens is 1. The van der Waals surface area contributed by atoms with Crippen LogP contribution in [0.15, 0.2) is 24.3 Å². The molecule has 0 N–H and O–H groups in total. The van der Waals surface area contributed by atoms with Crippen molar-refractivity contribution in [2.75, 3.05) is 28.3 Å². The SMILES string of the molecule is COC(=O)c1ccccc1[N+](C)(C)C.Cl[I-]Cl. The molecule has 0 spiro atoms. The van der Waals surface area contributed by atoms with Gasteiger partial charge in [0.15, 0.2) is 0 Å². The Bertz CT molecular complexity index is 367. The first-order chi connectivity index (χ1) is 7.88. The van der Waals surface area contributed by atoms with Gasteiger partial charge in [-0.1, -0.05) is 12.1 Å². The van der Waals surface area contributed by atoms with Crippen LogP contribution in [0.25, 0.3) is 0 Å². The molecule has 0 amide bonds. The van der Waals surface area contributed by atoms with Crippen LogP contribution in [0.3, 0.4) is 0 Å². The number of para-hydroxylation sites is 1. The summed E-state index contributed by atoms with van der Waals surface area (Å²) in [6.45, 7) is 0. The van der Waals surface area contributed by atoms with E-state index in [9.17, 15) is 4.79 Å². The summed E-state index contributed by atoms with van der Waals surface area (Å²) in [4.78, 5) is 11.4. The number of hydrogen-bond donors (Lipinski definition) is 0. The molecule has 0 aliphatic carbocycles. The van der Waals surface area contributed by atoms with Crippen LogP contribution in [0.2, 0.25) is 0 Å². The van der Waals surface area contributed by atoms with E-state index in [1.54, 1.807) is 6.07 Å². The summed E-state index contributed by atoms with van der Waals surface area (Å²) in [5.41, 5.74) is 1.59. The molecule has 17 heavy (non-hydrogen) atoms. The maximum atomic E-state index is 11.4. The summed E-state index contributed by atoms with van der Waals surface area (Å²) < 4.78 is 5.33. The van der Waals surface area contributed by atoms with E-state index < -0.39 is 18.9 Å². The Morgan fingerprint density at radius 1 is 1.24 bits per heavy atom. The molecule has 98 valence electrons. The number of carbonyl (C=O) groups is 1. The Kier molecular flexibility index (Phi) is 8.11. The summed E-state index contributed by atoms with van der Waals surface area (Å²) in [7, 11) is 17.2. The zero-order valence-corrected chi connectivity index (χ0v) is 13.9. The normalized spacial score (nSPS) is 10.5. The molecule has 0 bridgehead atoms. The van der Waals surface area contributed by atoms with E-state index >= 15 is 0 Å². The van der Waals surface area contributed by atoms with Crippen LogP contribution in [-0.2, 0) is 4.74 Å². The molecular weight excluding hydrogens is 376 g/mol. The molecule has 1 aromatic carbocycles. The molecule has 0 unspecified atom stereocenters. The first-order valence-corrected chi connectivity index (χ1v) is 10.2. The van der Waals surface area contributed by atoms with Gasteiger partial charge in [0.25, 0.3) is 0 Å². The number of hydrogen-bond acceptors (Lipinski definition) is 2. The average Bonchev–Trinajstić information content (AvgIpc) is 2.28. The number of ether oxygens (including phenoxy) is 1. The standard InChI is InChI=1S/C11H16NO2.Cl2I/c1-12(2,3)10-8-6-5-7-9(10)11(13)14-4;1-3-2/h5-8H,1-4H3;/q+1;-1. The Morgan fingerprint density at radius 3 is 2.12 bits per heavy atom. The number of esters is 1. The maximum absolute atomic E-state index is 11.4. The van der Waals surface area contributed by atoms with Gasteiger partial charge in [-0.3, -0.25) is 4.48 Å². The topological polar surface area (TPSA) is 26.3 Å². The summed E-state index contributed by atoms with van der Waals surface area (Å²) in [5, 5.41) is 0. The summed E-state index contributed by atoms with van der Waals surface area (Å²) >= 11 is -0.466. The van der Waals surface area contributed by atoms with Gasteiger partial charge in [-0.25, -0.2) is 4.79 Å². The molecule has 0 aromatic heterocycles. The van der Waals surface area contributed by atoms with Crippen molar-refractivity contribution in [2.24, 2.45) is 0 Å². The number of nitrogens with zero attached hydrogens (tertiary/aromatic N) is 1. The van der Waals surface area contributed by atoms with Gasteiger partial charge in [-0.15, -0.1) is 0 Å². The molecular formula is C11H16Cl2INO2. The summed E-state index contributed by atoms with van der Waals surface area (Å²) in [6, 6.07) is 7.48. The van der Waals surface area contributed by atoms with E-state index in [4.69, 9.17) is 22.6 Å². The number of carbonyl (C=O) groups excluding carboxylic acids is 1. The fourth-order valence-corrected chi connectivity index (χ4v) is 1.34. The van der Waals surface area contributed by atoms with Crippen LogP contribution in [0.1, 0.15) is 10.4 Å². The minimum absolute atomic E-state index is 0.284. The fourth-order valence-electron chi connectivity index (χ4n) is 1.34. The monoisotopic (exact) mass is 391 g/mol. The van der Waals surface area contributed by atoms with Gasteiger partial charge in [0, 0.05) is 6.07 Å². The molecule has 0 fully saturated rings. The molecule has 3 nitrogen and oxygen atoms in total. The Morgan fingerprint density at radius 2 is 1.71 bits per heavy atom. The molecule has 0 aliphatic rings. The van der Waals surface area contributed by atoms with Crippen LogP contribution in [0, 0.1) is 0 Å². The fraction of sp³-hybridized carbons (Fsp3) is 0.364. The zero-order chi connectivity index (χ0) is 13.5. The van der Waals surface area contributed by atoms with Crippen molar-refractivity contribution >= 4 is 29.5 Å². The van der Waals surface area contributed by atoms with E-state index in [0.29, 0.717) is 10.0 Å². The zero-order valence-electron chi connectivity index (χ0n) is 10.2. The van der Waals surface area contributed by atoms with Crippen LogP contribution in [0.4, 0.5) is 5.69 Å². The van der Waals surface area contributed by atoms with Crippen LogP contribution in [0.5, 0.6) is 0 Å². The predicted octanol–water partition coefficient (Wildman–Crippen LogP) is 0.0529. The summed E-state index contributed by atoms with van der Waals surface area (Å²) in [6.07, 6.45) is 0. The van der Waals surface area contributed by atoms with Crippen molar-refractivity contribution in [1.82, 2.24) is 4.48 Å². The number of halogens is 3. The van der Waals surface area contributed by atoms with Gasteiger partial charge in [0.1, 0.15) is 11.3 Å². The van der Waals surface area contributed by atoms with Gasteiger partial charge in [-0.2, -0.15) is 0 Å². The molecule has 1 aromatic rings. The third-order valence-electron chi connectivity index (χ3n) is 2.03. The van der Waals surface area contributed by atoms with Gasteiger partial charge >= 0.3 is 42.7 Å². The molecule has 1 rings (SSSR count). The van der Waals surface area contributed by atoms with Gasteiger partial charge in [0.2, 0.25) is 0 Å². The minimum atomic E-state index is -0.466. The van der Waals surface area contributed by atoms with Crippen LogP contribution >= 0.6 is 17.8 Å². The molecule has 0 radical (unpaired) electrons. The van der Waals surface area contributed by atoms with E-state index in [-0.39, 0.29) is 5.97 Å². The van der Waals surface area contributed by atoms with Crippen molar-refractivity contribution in [1.29, 1.82) is 0 Å². The van der Waals surface area contributed by atoms with Gasteiger partial charge < -0.3 is 4.74 Å². The number of methoxy groups -OCH3 is 1. The molecule has 6 heteroatoms. The van der Waals surface area contributed by atoms with E-state index in [0.717, 1.165) is 5.69 Å². The van der Waals surface area contributed by atoms with Gasteiger partial charge in [0.05, 0.1) is 28.3 Å². The second-order valence-corrected chi connectivity index (χ2v) is 7.28. The molecule has 0 aliphatic heterocycles. The van der Waals surface area contributed by atoms with Crippen molar-refractivity contribution in [2.45, 2.75) is 0 Å². The third-order valence-corrected chi connectivity index (χ3v) is 2.03. The molecule has 0 heterocycles. The number of benzene rings is 1. The molecule has 0 atom stereocenters. The third kappa shape index (κ3) is 5.90. The Labute approximate surface area is 120 Å². The van der Waals surface area contributed by atoms with E-state index in [1.807, 2.05) is 39.3 Å². The van der Waals surface area contributed by atoms with E-state index in [2.05, 4.69) is 0 Å². The molecule has 0 saturated carbocycles. The van der Waals surface area contributed by atoms with E-state index in [1.165, 1.54) is 7.11 Å². The quantitative estimate of drug-likeness (QED) is 0.404. The second kappa shape index (κ2) is 8.13. The Balaban J connectivity index is 0.000000770. The summed E-state index contributed by atoms with van der Waals surface area (Å²) in [5.74, 6) is -0.284. The number of rotatable bonds is 2. The van der Waals surface area contributed by atoms with Crippen molar-refractivity contribution in [3.05, 3.63) is 29.8 Å². The van der Waals surface area contributed by atoms with Crippen LogP contribution in [-0.4, -0.2) is 34.2 Å². The Hall–Kier alpha value is -0.0400. The second-order valence-electron chi connectivity index (χ2n) is 4.08. The molecule has 0 saturated heterocycles. The van der Waals surface area contributed by atoms with Crippen molar-refractivity contribution < 1.29 is 28.5 Å². The van der Waals surface area contributed by atoms with Gasteiger partial charge in [-0.05, 0) is 6.07 Å². The first kappa shape index (κ1) is 17.0.